The van der Waals surface area contributed by atoms with Crippen LogP contribution in [0, 0.1) is 0 Å². The molecule has 0 unspecified atom stereocenters. The first-order valence-corrected chi connectivity index (χ1v) is 7.38. The van der Waals surface area contributed by atoms with Crippen molar-refractivity contribution >= 4 is 11.7 Å². The van der Waals surface area contributed by atoms with Gasteiger partial charge < -0.3 is 10.1 Å². The summed E-state index contributed by atoms with van der Waals surface area (Å²) in [5.74, 6) is -0.154. The van der Waals surface area contributed by atoms with E-state index in [0.29, 0.717) is 19.6 Å². The maximum atomic E-state index is 11.3. The molecule has 3 heteroatoms. The largest absolute Gasteiger partial charge is 0.466 e. The molecule has 0 atom stereocenters. The highest BCUT2D eigenvalue weighted by molar-refractivity contribution is 5.78. The number of nitrogens with one attached hydrogen (secondary N) is 1. The maximum absolute atomic E-state index is 11.3. The third kappa shape index (κ3) is 2.92. The van der Waals surface area contributed by atoms with E-state index in [9.17, 15) is 4.79 Å². The summed E-state index contributed by atoms with van der Waals surface area (Å²) in [5.41, 5.74) is 6.45. The normalized spacial score (nSPS) is 11.7. The van der Waals surface area contributed by atoms with E-state index < -0.39 is 0 Å². The van der Waals surface area contributed by atoms with Crippen LogP contribution in [0.15, 0.2) is 42.5 Å². The van der Waals surface area contributed by atoms with Crippen LogP contribution in [0.25, 0.3) is 11.1 Å². The molecule has 1 N–H and O–H groups in total. The molecule has 0 fully saturated rings. The number of benzene rings is 2. The minimum absolute atomic E-state index is 0.154. The zero-order chi connectivity index (χ0) is 14.7. The van der Waals surface area contributed by atoms with Gasteiger partial charge in [0.2, 0.25) is 0 Å². The standard InChI is InChI=1S/C18H19NO2/c1-2-21-18(20)9-10-19-15-7-8-17-14(12-15)11-13-5-3-4-6-16(13)17/h3-8,12,19H,2,9-11H2,1H3. The summed E-state index contributed by atoms with van der Waals surface area (Å²) in [5, 5.41) is 3.29. The highest BCUT2D eigenvalue weighted by Crippen LogP contribution is 2.37. The lowest BCUT2D eigenvalue weighted by atomic mass is 10.1. The molecule has 108 valence electrons. The summed E-state index contributed by atoms with van der Waals surface area (Å²) >= 11 is 0. The molecule has 0 aliphatic heterocycles. The van der Waals surface area contributed by atoms with Crippen LogP contribution in [0.2, 0.25) is 0 Å². The van der Waals surface area contributed by atoms with E-state index in [0.717, 1.165) is 12.1 Å². The Balaban J connectivity index is 1.66. The van der Waals surface area contributed by atoms with Crippen molar-refractivity contribution in [3.05, 3.63) is 53.6 Å². The van der Waals surface area contributed by atoms with Crippen molar-refractivity contribution in [3.8, 4) is 11.1 Å². The molecule has 2 aromatic rings. The topological polar surface area (TPSA) is 38.3 Å². The molecule has 3 nitrogen and oxygen atoms in total. The lowest BCUT2D eigenvalue weighted by Gasteiger charge is -2.08. The van der Waals surface area contributed by atoms with Gasteiger partial charge in [0.05, 0.1) is 13.0 Å². The number of anilines is 1. The fourth-order valence-corrected chi connectivity index (χ4v) is 2.80. The molecule has 0 saturated carbocycles. The summed E-state index contributed by atoms with van der Waals surface area (Å²) in [6.45, 7) is 2.87. The van der Waals surface area contributed by atoms with Gasteiger partial charge in [-0.2, -0.15) is 0 Å². The quantitative estimate of drug-likeness (QED) is 0.726. The van der Waals surface area contributed by atoms with Gasteiger partial charge in [-0.3, -0.25) is 4.79 Å². The second kappa shape index (κ2) is 6.00. The predicted octanol–water partition coefficient (Wildman–Crippen LogP) is 3.62. The van der Waals surface area contributed by atoms with Crippen molar-refractivity contribution in [1.29, 1.82) is 0 Å². The monoisotopic (exact) mass is 281 g/mol. The third-order valence-corrected chi connectivity index (χ3v) is 3.76. The smallest absolute Gasteiger partial charge is 0.307 e. The molecule has 0 amide bonds. The van der Waals surface area contributed by atoms with Crippen LogP contribution < -0.4 is 5.32 Å². The van der Waals surface area contributed by atoms with Crippen molar-refractivity contribution in [3.63, 3.8) is 0 Å². The van der Waals surface area contributed by atoms with Crippen molar-refractivity contribution in [2.75, 3.05) is 18.5 Å². The van der Waals surface area contributed by atoms with Gasteiger partial charge in [0, 0.05) is 12.2 Å². The van der Waals surface area contributed by atoms with Gasteiger partial charge in [-0.1, -0.05) is 30.3 Å². The maximum Gasteiger partial charge on any atom is 0.307 e. The SMILES string of the molecule is CCOC(=O)CCNc1ccc2c(c1)Cc1ccccc1-2. The van der Waals surface area contributed by atoms with E-state index in [1.165, 1.54) is 22.3 Å². The van der Waals surface area contributed by atoms with Gasteiger partial charge in [0.15, 0.2) is 0 Å². The summed E-state index contributed by atoms with van der Waals surface area (Å²) in [6, 6.07) is 14.9. The van der Waals surface area contributed by atoms with Crippen LogP contribution >= 0.6 is 0 Å². The van der Waals surface area contributed by atoms with Crippen LogP contribution in [0.1, 0.15) is 24.5 Å². The first kappa shape index (κ1) is 13.7. The second-order valence-corrected chi connectivity index (χ2v) is 5.19. The van der Waals surface area contributed by atoms with E-state index >= 15 is 0 Å². The van der Waals surface area contributed by atoms with Gasteiger partial charge in [0.25, 0.3) is 0 Å². The van der Waals surface area contributed by atoms with Crippen molar-refractivity contribution in [1.82, 2.24) is 0 Å². The summed E-state index contributed by atoms with van der Waals surface area (Å²) in [4.78, 5) is 11.3. The molecule has 1 aliphatic carbocycles. The van der Waals surface area contributed by atoms with E-state index in [4.69, 9.17) is 4.74 Å². The average Bonchev–Trinajstić information content (AvgIpc) is 2.85. The summed E-state index contributed by atoms with van der Waals surface area (Å²) < 4.78 is 4.92. The van der Waals surface area contributed by atoms with Crippen LogP contribution in [0.3, 0.4) is 0 Å². The van der Waals surface area contributed by atoms with Gasteiger partial charge in [0.1, 0.15) is 0 Å². The van der Waals surface area contributed by atoms with E-state index in [1.807, 2.05) is 6.92 Å². The highest BCUT2D eigenvalue weighted by atomic mass is 16.5. The fraction of sp³-hybridized carbons (Fsp3) is 0.278. The number of hydrogen-bond acceptors (Lipinski definition) is 3. The molecule has 0 spiro atoms. The van der Waals surface area contributed by atoms with Gasteiger partial charge in [-0.15, -0.1) is 0 Å². The minimum Gasteiger partial charge on any atom is -0.466 e. The van der Waals surface area contributed by atoms with Crippen molar-refractivity contribution in [2.45, 2.75) is 19.8 Å². The van der Waals surface area contributed by atoms with Crippen LogP contribution in [0.4, 0.5) is 5.69 Å². The predicted molar refractivity (Wildman–Crippen MR) is 84.4 cm³/mol. The lowest BCUT2D eigenvalue weighted by Crippen LogP contribution is -2.11. The molecule has 0 radical (unpaired) electrons. The molecular weight excluding hydrogens is 262 g/mol. The van der Waals surface area contributed by atoms with Crippen LogP contribution in [-0.2, 0) is 16.0 Å². The number of fused-ring (bicyclic) bond motifs is 3. The highest BCUT2D eigenvalue weighted by Gasteiger charge is 2.17. The number of carbonyl (C=O) groups is 1. The molecular formula is C18H19NO2. The third-order valence-electron chi connectivity index (χ3n) is 3.76. The fourth-order valence-electron chi connectivity index (χ4n) is 2.80. The Morgan fingerprint density at radius 2 is 1.95 bits per heavy atom. The molecule has 2 aromatic carbocycles. The van der Waals surface area contributed by atoms with Crippen molar-refractivity contribution in [2.24, 2.45) is 0 Å². The van der Waals surface area contributed by atoms with Gasteiger partial charge in [-0.25, -0.2) is 0 Å². The number of rotatable bonds is 5. The minimum atomic E-state index is -0.154. The molecule has 1 aliphatic rings. The van der Waals surface area contributed by atoms with Crippen LogP contribution in [0.5, 0.6) is 0 Å². The molecule has 0 heterocycles. The van der Waals surface area contributed by atoms with E-state index in [-0.39, 0.29) is 5.97 Å². The van der Waals surface area contributed by atoms with Crippen LogP contribution in [-0.4, -0.2) is 19.1 Å². The zero-order valence-electron chi connectivity index (χ0n) is 12.2. The van der Waals surface area contributed by atoms with E-state index in [1.54, 1.807) is 0 Å². The molecule has 3 rings (SSSR count). The lowest BCUT2D eigenvalue weighted by molar-refractivity contribution is -0.142. The molecule has 21 heavy (non-hydrogen) atoms. The Hall–Kier alpha value is -2.29. The Kier molecular flexibility index (Phi) is 3.91. The first-order valence-electron chi connectivity index (χ1n) is 7.38. The van der Waals surface area contributed by atoms with Crippen molar-refractivity contribution < 1.29 is 9.53 Å². The van der Waals surface area contributed by atoms with Gasteiger partial charge in [-0.05, 0) is 47.7 Å². The number of carbonyl (C=O) groups excluding carboxylic acids is 1. The number of ether oxygens (including phenoxy) is 1. The Morgan fingerprint density at radius 1 is 1.14 bits per heavy atom. The summed E-state index contributed by atoms with van der Waals surface area (Å²) in [6.07, 6.45) is 1.38. The number of esters is 1. The Labute approximate surface area is 124 Å². The molecule has 0 saturated heterocycles. The Morgan fingerprint density at radius 3 is 2.81 bits per heavy atom. The number of hydrogen-bond donors (Lipinski definition) is 1. The molecule has 0 bridgehead atoms. The first-order chi connectivity index (χ1) is 10.3. The van der Waals surface area contributed by atoms with Gasteiger partial charge >= 0.3 is 5.97 Å². The summed E-state index contributed by atoms with van der Waals surface area (Å²) in [7, 11) is 0. The van der Waals surface area contributed by atoms with E-state index in [2.05, 4.69) is 47.8 Å². The molecule has 0 aromatic heterocycles. The average molecular weight is 281 g/mol. The Bertz CT molecular complexity index is 664. The second-order valence-electron chi connectivity index (χ2n) is 5.19. The zero-order valence-corrected chi connectivity index (χ0v) is 12.2.